The fraction of sp³-hybridized carbons (Fsp3) is 0.545. The molecule has 0 radical (unpaired) electrons. The monoisotopic (exact) mass is 398 g/mol. The maximum atomic E-state index is 5.17. The first-order valence-electron chi connectivity index (χ1n) is 10.4. The number of rotatable bonds is 7. The number of guanidine groups is 1. The average Bonchev–Trinajstić information content (AvgIpc) is 3.14. The van der Waals surface area contributed by atoms with Crippen LogP contribution in [0.1, 0.15) is 23.9 Å². The fourth-order valence-corrected chi connectivity index (χ4v) is 3.59. The lowest BCUT2D eigenvalue weighted by atomic mass is 10.2. The Labute approximate surface area is 174 Å². The van der Waals surface area contributed by atoms with Gasteiger partial charge >= 0.3 is 0 Å². The normalized spacial score (nSPS) is 17.0. The zero-order chi connectivity index (χ0) is 20.6. The van der Waals surface area contributed by atoms with Gasteiger partial charge in [0, 0.05) is 65.0 Å². The first-order chi connectivity index (χ1) is 14.0. The van der Waals surface area contributed by atoms with Crippen LogP contribution in [0.5, 0.6) is 0 Å². The van der Waals surface area contributed by atoms with Gasteiger partial charge in [-0.2, -0.15) is 0 Å². The molecule has 29 heavy (non-hydrogen) atoms. The molecular formula is C22H34N6O. The van der Waals surface area contributed by atoms with Crippen molar-refractivity contribution in [2.45, 2.75) is 33.0 Å². The summed E-state index contributed by atoms with van der Waals surface area (Å²) in [7, 11) is 4.04. The zero-order valence-corrected chi connectivity index (χ0v) is 18.1. The van der Waals surface area contributed by atoms with Gasteiger partial charge in [0.25, 0.3) is 0 Å². The average molecular weight is 399 g/mol. The van der Waals surface area contributed by atoms with Crippen LogP contribution in [0.2, 0.25) is 0 Å². The van der Waals surface area contributed by atoms with E-state index >= 15 is 0 Å². The van der Waals surface area contributed by atoms with Gasteiger partial charge in [0.1, 0.15) is 5.76 Å². The molecule has 7 nitrogen and oxygen atoms in total. The van der Waals surface area contributed by atoms with E-state index in [9.17, 15) is 0 Å². The van der Waals surface area contributed by atoms with Crippen LogP contribution in [0.15, 0.2) is 45.9 Å². The molecule has 158 valence electrons. The van der Waals surface area contributed by atoms with Crippen molar-refractivity contribution in [1.82, 2.24) is 25.2 Å². The van der Waals surface area contributed by atoms with Crippen molar-refractivity contribution in [1.29, 1.82) is 0 Å². The van der Waals surface area contributed by atoms with Gasteiger partial charge in [0.2, 0.25) is 0 Å². The molecule has 7 heteroatoms. The number of nitrogens with zero attached hydrogens (tertiary/aromatic N) is 5. The summed E-state index contributed by atoms with van der Waals surface area (Å²) in [6.45, 7) is 10.8. The minimum Gasteiger partial charge on any atom is -0.361 e. The molecule has 2 heterocycles. The maximum Gasteiger partial charge on any atom is 0.193 e. The summed E-state index contributed by atoms with van der Waals surface area (Å²) in [6.07, 6.45) is 0. The number of hydrogen-bond acceptors (Lipinski definition) is 5. The summed E-state index contributed by atoms with van der Waals surface area (Å²) in [5.74, 6) is 1.86. The molecule has 1 aromatic carbocycles. The van der Waals surface area contributed by atoms with Crippen molar-refractivity contribution < 1.29 is 4.52 Å². The smallest absolute Gasteiger partial charge is 0.193 e. The number of aryl methyl sites for hydroxylation is 1. The summed E-state index contributed by atoms with van der Waals surface area (Å²) < 4.78 is 5.17. The minimum atomic E-state index is 0.406. The molecule has 1 aromatic heterocycles. The lowest BCUT2D eigenvalue weighted by molar-refractivity contribution is 0.168. The molecule has 3 rings (SSSR count). The first kappa shape index (κ1) is 21.3. The van der Waals surface area contributed by atoms with Gasteiger partial charge in [-0.15, -0.1) is 0 Å². The standard InChI is InChI=1S/C22H34N6O/c1-18(26(4)16-20-8-6-5-7-9-20)15-24-22(23-3)28-12-10-27(11-13-28)17-21-14-19(2)29-25-21/h5-9,14,18H,10-13,15-17H2,1-4H3,(H,23,24). The Morgan fingerprint density at radius 3 is 2.59 bits per heavy atom. The highest BCUT2D eigenvalue weighted by molar-refractivity contribution is 5.80. The molecule has 0 bridgehead atoms. The lowest BCUT2D eigenvalue weighted by Gasteiger charge is -2.36. The first-order valence-corrected chi connectivity index (χ1v) is 10.4. The van der Waals surface area contributed by atoms with E-state index in [-0.39, 0.29) is 0 Å². The largest absolute Gasteiger partial charge is 0.361 e. The van der Waals surface area contributed by atoms with Crippen LogP contribution < -0.4 is 5.32 Å². The number of aromatic nitrogens is 1. The summed E-state index contributed by atoms with van der Waals surface area (Å²) in [4.78, 5) is 11.6. The molecule has 1 unspecified atom stereocenters. The number of likely N-dealkylation sites (N-methyl/N-ethyl adjacent to an activating group) is 1. The van der Waals surface area contributed by atoms with Crippen LogP contribution >= 0.6 is 0 Å². The Morgan fingerprint density at radius 2 is 1.97 bits per heavy atom. The van der Waals surface area contributed by atoms with E-state index in [1.807, 2.05) is 20.0 Å². The quantitative estimate of drug-likeness (QED) is 0.570. The van der Waals surface area contributed by atoms with E-state index in [4.69, 9.17) is 4.52 Å². The number of aliphatic imine (C=N–C) groups is 1. The van der Waals surface area contributed by atoms with Crippen LogP contribution in [-0.4, -0.2) is 78.7 Å². The van der Waals surface area contributed by atoms with Crippen LogP contribution in [-0.2, 0) is 13.1 Å². The topological polar surface area (TPSA) is 60.1 Å². The lowest BCUT2D eigenvalue weighted by Crippen LogP contribution is -2.53. The molecule has 0 aliphatic carbocycles. The predicted octanol–water partition coefficient (Wildman–Crippen LogP) is 2.20. The van der Waals surface area contributed by atoms with E-state index < -0.39 is 0 Å². The van der Waals surface area contributed by atoms with E-state index in [2.05, 4.69) is 74.5 Å². The minimum absolute atomic E-state index is 0.406. The summed E-state index contributed by atoms with van der Waals surface area (Å²) in [5.41, 5.74) is 2.35. The van der Waals surface area contributed by atoms with Gasteiger partial charge in [-0.1, -0.05) is 35.5 Å². The number of piperazine rings is 1. The van der Waals surface area contributed by atoms with Gasteiger partial charge in [0.15, 0.2) is 5.96 Å². The van der Waals surface area contributed by atoms with Crippen molar-refractivity contribution in [3.8, 4) is 0 Å². The highest BCUT2D eigenvalue weighted by Gasteiger charge is 2.21. The summed E-state index contributed by atoms with van der Waals surface area (Å²) in [5, 5.41) is 7.67. The van der Waals surface area contributed by atoms with Gasteiger partial charge in [-0.25, -0.2) is 0 Å². The Morgan fingerprint density at radius 1 is 1.24 bits per heavy atom. The van der Waals surface area contributed by atoms with Gasteiger partial charge in [-0.3, -0.25) is 14.8 Å². The second-order valence-corrected chi connectivity index (χ2v) is 7.87. The SMILES string of the molecule is CN=C(NCC(C)N(C)Cc1ccccc1)N1CCN(Cc2cc(C)on2)CC1. The highest BCUT2D eigenvalue weighted by Crippen LogP contribution is 2.10. The molecule has 0 spiro atoms. The van der Waals surface area contributed by atoms with Crippen LogP contribution in [0, 0.1) is 6.92 Å². The Balaban J connectivity index is 1.42. The Bertz CT molecular complexity index is 767. The molecule has 1 atom stereocenters. The van der Waals surface area contributed by atoms with Crippen molar-refractivity contribution in [2.24, 2.45) is 4.99 Å². The molecule has 1 fully saturated rings. The van der Waals surface area contributed by atoms with Gasteiger partial charge in [-0.05, 0) is 26.5 Å². The van der Waals surface area contributed by atoms with Crippen molar-refractivity contribution in [3.05, 3.63) is 53.4 Å². The maximum absolute atomic E-state index is 5.17. The Kier molecular flexibility index (Phi) is 7.66. The van der Waals surface area contributed by atoms with E-state index in [1.54, 1.807) is 0 Å². The third-order valence-electron chi connectivity index (χ3n) is 5.53. The van der Waals surface area contributed by atoms with Gasteiger partial charge < -0.3 is 14.7 Å². The van der Waals surface area contributed by atoms with Crippen LogP contribution in [0.4, 0.5) is 0 Å². The molecule has 2 aromatic rings. The third-order valence-corrected chi connectivity index (χ3v) is 5.53. The summed E-state index contributed by atoms with van der Waals surface area (Å²) in [6, 6.07) is 13.0. The fourth-order valence-electron chi connectivity index (χ4n) is 3.59. The molecule has 1 aliphatic rings. The van der Waals surface area contributed by atoms with Crippen LogP contribution in [0.3, 0.4) is 0 Å². The van der Waals surface area contributed by atoms with Crippen molar-refractivity contribution in [3.63, 3.8) is 0 Å². The van der Waals surface area contributed by atoms with Crippen molar-refractivity contribution in [2.75, 3.05) is 46.8 Å². The van der Waals surface area contributed by atoms with E-state index in [0.717, 1.165) is 63.2 Å². The zero-order valence-electron chi connectivity index (χ0n) is 18.1. The van der Waals surface area contributed by atoms with Gasteiger partial charge in [0.05, 0.1) is 5.69 Å². The number of nitrogens with one attached hydrogen (secondary N) is 1. The highest BCUT2D eigenvalue weighted by atomic mass is 16.5. The number of benzene rings is 1. The molecular weight excluding hydrogens is 364 g/mol. The third kappa shape index (κ3) is 6.30. The molecule has 1 aliphatic heterocycles. The second kappa shape index (κ2) is 10.4. The second-order valence-electron chi connectivity index (χ2n) is 7.87. The predicted molar refractivity (Wildman–Crippen MR) is 117 cm³/mol. The van der Waals surface area contributed by atoms with Crippen molar-refractivity contribution >= 4 is 5.96 Å². The summed E-state index contributed by atoms with van der Waals surface area (Å²) >= 11 is 0. The molecule has 0 saturated carbocycles. The van der Waals surface area contributed by atoms with Crippen LogP contribution in [0.25, 0.3) is 0 Å². The number of hydrogen-bond donors (Lipinski definition) is 1. The Hall–Kier alpha value is -2.38. The molecule has 1 N–H and O–H groups in total. The van der Waals surface area contributed by atoms with E-state index in [1.165, 1.54) is 5.56 Å². The van der Waals surface area contributed by atoms with E-state index in [0.29, 0.717) is 6.04 Å². The molecule has 1 saturated heterocycles. The molecule has 0 amide bonds.